The lowest BCUT2D eigenvalue weighted by Crippen LogP contribution is -2.46. The van der Waals surface area contributed by atoms with Crippen LogP contribution in [0.5, 0.6) is 0 Å². The number of aliphatic hydroxyl groups is 1. The quantitative estimate of drug-likeness (QED) is 0.476. The van der Waals surface area contributed by atoms with Gasteiger partial charge >= 0.3 is 12.0 Å². The van der Waals surface area contributed by atoms with Crippen molar-refractivity contribution in [3.05, 3.63) is 0 Å². The number of β-amino-alcohol motifs (C(OH)–C–C–N with tert-alkyl or cyclic N) is 1. The fraction of sp³-hybridized carbons (Fsp3) is 0.667. The molecule has 100 valence electrons. The highest BCUT2D eigenvalue weighted by molar-refractivity contribution is 5.83. The van der Waals surface area contributed by atoms with Crippen LogP contribution in [0.3, 0.4) is 0 Å². The number of aliphatic carboxylic acids is 1. The van der Waals surface area contributed by atoms with Gasteiger partial charge in [0.15, 0.2) is 0 Å². The van der Waals surface area contributed by atoms with E-state index in [9.17, 15) is 14.7 Å². The van der Waals surface area contributed by atoms with Crippen LogP contribution in [-0.2, 0) is 4.79 Å². The summed E-state index contributed by atoms with van der Waals surface area (Å²) in [6.07, 6.45) is 6.65. The molecular formula is C12H18N2O4. The number of unbranched alkanes of at least 4 members (excludes halogenated alkanes) is 2. The van der Waals surface area contributed by atoms with Crippen LogP contribution in [0.15, 0.2) is 0 Å². The zero-order valence-corrected chi connectivity index (χ0v) is 10.1. The summed E-state index contributed by atoms with van der Waals surface area (Å²) >= 11 is 0. The van der Waals surface area contributed by atoms with Gasteiger partial charge in [-0.25, -0.2) is 9.59 Å². The third-order valence-electron chi connectivity index (χ3n) is 2.85. The van der Waals surface area contributed by atoms with E-state index in [0.717, 1.165) is 17.7 Å². The number of rotatable bonds is 5. The summed E-state index contributed by atoms with van der Waals surface area (Å²) < 4.78 is 0. The molecule has 1 fully saturated rings. The van der Waals surface area contributed by atoms with Crippen molar-refractivity contribution in [2.24, 2.45) is 0 Å². The molecule has 1 rings (SSSR count). The molecule has 0 aromatic carbocycles. The normalized spacial score (nSPS) is 22.6. The fourth-order valence-electron chi connectivity index (χ4n) is 1.92. The number of carboxylic acid groups (broad SMARTS) is 1. The van der Waals surface area contributed by atoms with Crippen LogP contribution < -0.4 is 5.32 Å². The second kappa shape index (κ2) is 6.87. The summed E-state index contributed by atoms with van der Waals surface area (Å²) in [6.45, 7) is 0.520. The highest BCUT2D eigenvalue weighted by Gasteiger charge is 2.38. The Morgan fingerprint density at radius 3 is 2.78 bits per heavy atom. The predicted molar refractivity (Wildman–Crippen MR) is 64.8 cm³/mol. The molecule has 2 atom stereocenters. The number of carbonyl (C=O) groups excluding carboxylic acids is 1. The molecule has 0 aromatic heterocycles. The Labute approximate surface area is 106 Å². The average molecular weight is 254 g/mol. The first-order chi connectivity index (χ1) is 8.56. The standard InChI is InChI=1S/C12H18N2O4/c1-2-3-4-5-6-13-12(18)14-8-9(15)7-10(14)11(16)17/h1,9-10,15H,3-8H2,(H,13,18)(H,16,17)/t9-,10-/m1/s1. The first kappa shape index (κ1) is 14.3. The highest BCUT2D eigenvalue weighted by atomic mass is 16.4. The van der Waals surface area contributed by atoms with E-state index in [0.29, 0.717) is 13.0 Å². The maximum absolute atomic E-state index is 11.7. The van der Waals surface area contributed by atoms with Crippen LogP contribution >= 0.6 is 0 Å². The van der Waals surface area contributed by atoms with Gasteiger partial charge in [-0.05, 0) is 12.8 Å². The third-order valence-corrected chi connectivity index (χ3v) is 2.85. The Morgan fingerprint density at radius 2 is 2.17 bits per heavy atom. The van der Waals surface area contributed by atoms with Gasteiger partial charge in [0.05, 0.1) is 6.10 Å². The molecule has 0 radical (unpaired) electrons. The number of carbonyl (C=O) groups is 2. The van der Waals surface area contributed by atoms with Gasteiger partial charge in [0.25, 0.3) is 0 Å². The summed E-state index contributed by atoms with van der Waals surface area (Å²) in [6, 6.07) is -1.38. The van der Waals surface area contributed by atoms with E-state index in [1.54, 1.807) is 0 Å². The molecule has 0 aliphatic carbocycles. The predicted octanol–water partition coefficient (Wildman–Crippen LogP) is 0.0193. The van der Waals surface area contributed by atoms with Crippen LogP contribution in [0.4, 0.5) is 4.79 Å². The summed E-state index contributed by atoms with van der Waals surface area (Å²) in [5, 5.41) is 21.0. The maximum Gasteiger partial charge on any atom is 0.326 e. The van der Waals surface area contributed by atoms with E-state index in [1.807, 2.05) is 0 Å². The van der Waals surface area contributed by atoms with Crippen LogP contribution in [0.1, 0.15) is 25.7 Å². The molecule has 1 aliphatic rings. The molecule has 6 heteroatoms. The summed E-state index contributed by atoms with van der Waals surface area (Å²) in [4.78, 5) is 23.8. The van der Waals surface area contributed by atoms with Crippen molar-refractivity contribution >= 4 is 12.0 Å². The number of nitrogens with zero attached hydrogens (tertiary/aromatic N) is 1. The highest BCUT2D eigenvalue weighted by Crippen LogP contribution is 2.17. The number of aliphatic hydroxyl groups excluding tert-OH is 1. The van der Waals surface area contributed by atoms with Crippen molar-refractivity contribution in [3.63, 3.8) is 0 Å². The van der Waals surface area contributed by atoms with Crippen molar-refractivity contribution in [3.8, 4) is 12.3 Å². The van der Waals surface area contributed by atoms with E-state index in [2.05, 4.69) is 11.2 Å². The molecule has 0 aromatic rings. The van der Waals surface area contributed by atoms with Crippen LogP contribution in [0.25, 0.3) is 0 Å². The zero-order chi connectivity index (χ0) is 13.5. The molecule has 0 unspecified atom stereocenters. The van der Waals surface area contributed by atoms with Gasteiger partial charge in [0, 0.05) is 25.9 Å². The van der Waals surface area contributed by atoms with E-state index in [1.165, 1.54) is 0 Å². The second-order valence-corrected chi connectivity index (χ2v) is 4.29. The van der Waals surface area contributed by atoms with Gasteiger partial charge < -0.3 is 20.4 Å². The summed E-state index contributed by atoms with van der Waals surface area (Å²) in [5.41, 5.74) is 0. The molecule has 0 saturated carbocycles. The Hall–Kier alpha value is -1.74. The van der Waals surface area contributed by atoms with E-state index in [-0.39, 0.29) is 13.0 Å². The minimum Gasteiger partial charge on any atom is -0.480 e. The molecular weight excluding hydrogens is 236 g/mol. The molecule has 0 bridgehead atoms. The Balaban J connectivity index is 2.36. The van der Waals surface area contributed by atoms with Crippen molar-refractivity contribution in [2.45, 2.75) is 37.8 Å². The molecule has 1 aliphatic heterocycles. The average Bonchev–Trinajstić information content (AvgIpc) is 2.71. The van der Waals surface area contributed by atoms with Gasteiger partial charge in [-0.3, -0.25) is 0 Å². The molecule has 1 saturated heterocycles. The van der Waals surface area contributed by atoms with Crippen molar-refractivity contribution in [1.29, 1.82) is 0 Å². The van der Waals surface area contributed by atoms with Crippen molar-refractivity contribution < 1.29 is 19.8 Å². The zero-order valence-electron chi connectivity index (χ0n) is 10.1. The number of likely N-dealkylation sites (tertiary alicyclic amines) is 1. The lowest BCUT2D eigenvalue weighted by Gasteiger charge is -2.21. The van der Waals surface area contributed by atoms with Crippen LogP contribution in [-0.4, -0.2) is 52.3 Å². The first-order valence-electron chi connectivity index (χ1n) is 5.95. The molecule has 18 heavy (non-hydrogen) atoms. The lowest BCUT2D eigenvalue weighted by atomic mass is 10.2. The second-order valence-electron chi connectivity index (χ2n) is 4.29. The SMILES string of the molecule is C#CCCCCNC(=O)N1C[C@H](O)C[C@@H]1C(=O)O. The van der Waals surface area contributed by atoms with Crippen LogP contribution in [0.2, 0.25) is 0 Å². The minimum absolute atomic E-state index is 0.0627. The molecule has 6 nitrogen and oxygen atoms in total. The monoisotopic (exact) mass is 254 g/mol. The lowest BCUT2D eigenvalue weighted by molar-refractivity contribution is -0.141. The van der Waals surface area contributed by atoms with Crippen molar-refractivity contribution in [2.75, 3.05) is 13.1 Å². The van der Waals surface area contributed by atoms with Gasteiger partial charge in [-0.1, -0.05) is 0 Å². The fourth-order valence-corrected chi connectivity index (χ4v) is 1.92. The maximum atomic E-state index is 11.7. The number of urea groups is 1. The van der Waals surface area contributed by atoms with Gasteiger partial charge in [0.2, 0.25) is 0 Å². The van der Waals surface area contributed by atoms with E-state index >= 15 is 0 Å². The Bertz CT molecular complexity index is 350. The minimum atomic E-state index is -1.09. The molecule has 2 amide bonds. The Kier molecular flexibility index (Phi) is 5.46. The molecule has 0 spiro atoms. The number of carboxylic acids is 1. The van der Waals surface area contributed by atoms with Crippen molar-refractivity contribution in [1.82, 2.24) is 10.2 Å². The third kappa shape index (κ3) is 3.93. The number of hydrogen-bond donors (Lipinski definition) is 3. The summed E-state index contributed by atoms with van der Waals surface area (Å²) in [7, 11) is 0. The smallest absolute Gasteiger partial charge is 0.326 e. The van der Waals surface area contributed by atoms with Gasteiger partial charge in [0.1, 0.15) is 6.04 Å². The molecule has 3 N–H and O–H groups in total. The number of hydrogen-bond acceptors (Lipinski definition) is 3. The van der Waals surface area contributed by atoms with E-state index in [4.69, 9.17) is 11.5 Å². The number of amides is 2. The topological polar surface area (TPSA) is 89.9 Å². The van der Waals surface area contributed by atoms with Gasteiger partial charge in [-0.2, -0.15) is 0 Å². The first-order valence-corrected chi connectivity index (χ1v) is 5.95. The summed E-state index contributed by atoms with van der Waals surface area (Å²) in [5.74, 6) is 1.42. The molecule has 1 heterocycles. The van der Waals surface area contributed by atoms with Crippen LogP contribution in [0, 0.1) is 12.3 Å². The number of nitrogens with one attached hydrogen (secondary N) is 1. The van der Waals surface area contributed by atoms with Gasteiger partial charge in [-0.15, -0.1) is 12.3 Å². The largest absolute Gasteiger partial charge is 0.480 e. The number of terminal acetylenes is 1. The van der Waals surface area contributed by atoms with E-state index < -0.39 is 24.1 Å². The Morgan fingerprint density at radius 1 is 1.44 bits per heavy atom.